The number of rotatable bonds is 5. The summed E-state index contributed by atoms with van der Waals surface area (Å²) in [5, 5.41) is 4.86. The fourth-order valence-corrected chi connectivity index (χ4v) is 3.16. The highest BCUT2D eigenvalue weighted by atomic mass is 16.1. The number of pyridine rings is 1. The molecule has 1 aromatic carbocycles. The largest absolute Gasteiger partial charge is 0.315 e. The van der Waals surface area contributed by atoms with Crippen LogP contribution in [0, 0.1) is 0 Å². The molecule has 132 valence electrons. The van der Waals surface area contributed by atoms with E-state index < -0.39 is 0 Å². The Balaban J connectivity index is 1.95. The second kappa shape index (κ2) is 6.68. The number of nitrogens with zero attached hydrogens (tertiary/aromatic N) is 6. The third-order valence-electron chi connectivity index (χ3n) is 4.39. The quantitative estimate of drug-likeness (QED) is 0.552. The lowest BCUT2D eigenvalue weighted by atomic mass is 10.1. The number of hydrogen-bond donors (Lipinski definition) is 0. The first-order chi connectivity index (χ1) is 12.6. The van der Waals surface area contributed by atoms with Crippen molar-refractivity contribution in [3.63, 3.8) is 0 Å². The van der Waals surface area contributed by atoms with E-state index in [1.54, 1.807) is 9.08 Å². The summed E-state index contributed by atoms with van der Waals surface area (Å²) < 4.78 is 3.39. The van der Waals surface area contributed by atoms with Gasteiger partial charge in [-0.05, 0) is 33.1 Å². The SMILES string of the molecule is CN(C)CCCn1ccc2nc3ncnn3c(-c3ccccc3)c2c1=O. The molecule has 26 heavy (non-hydrogen) atoms. The monoisotopic (exact) mass is 348 g/mol. The van der Waals surface area contributed by atoms with E-state index in [0.29, 0.717) is 23.2 Å². The lowest BCUT2D eigenvalue weighted by Gasteiger charge is -2.13. The predicted molar refractivity (Wildman–Crippen MR) is 101 cm³/mol. The fourth-order valence-electron chi connectivity index (χ4n) is 3.16. The minimum atomic E-state index is -0.0509. The standard InChI is InChI=1S/C19H20N6O/c1-23(2)10-6-11-24-12-9-15-16(18(24)26)17(14-7-4-3-5-8-14)25-19(22-15)20-13-21-25/h3-5,7-9,12-13H,6,10-11H2,1-2H3. The van der Waals surface area contributed by atoms with Crippen LogP contribution in [0.3, 0.4) is 0 Å². The van der Waals surface area contributed by atoms with E-state index in [9.17, 15) is 4.79 Å². The molecule has 0 aliphatic carbocycles. The van der Waals surface area contributed by atoms with E-state index in [-0.39, 0.29) is 5.56 Å². The Hall–Kier alpha value is -3.06. The fraction of sp³-hybridized carbons (Fsp3) is 0.263. The van der Waals surface area contributed by atoms with Gasteiger partial charge in [0.1, 0.15) is 6.33 Å². The molecule has 3 aromatic heterocycles. The lowest BCUT2D eigenvalue weighted by Crippen LogP contribution is -2.23. The lowest BCUT2D eigenvalue weighted by molar-refractivity contribution is 0.385. The third-order valence-corrected chi connectivity index (χ3v) is 4.39. The molecule has 4 aromatic rings. The highest BCUT2D eigenvalue weighted by molar-refractivity contribution is 5.93. The summed E-state index contributed by atoms with van der Waals surface area (Å²) in [4.78, 5) is 24.0. The highest BCUT2D eigenvalue weighted by Crippen LogP contribution is 2.25. The minimum Gasteiger partial charge on any atom is -0.315 e. The molecule has 0 atom stereocenters. The molecule has 7 nitrogen and oxygen atoms in total. The molecule has 0 radical (unpaired) electrons. The van der Waals surface area contributed by atoms with Crippen LogP contribution < -0.4 is 5.56 Å². The van der Waals surface area contributed by atoms with E-state index in [4.69, 9.17) is 0 Å². The number of benzene rings is 1. The topological polar surface area (TPSA) is 68.3 Å². The molecule has 0 aliphatic heterocycles. The Morgan fingerprint density at radius 2 is 1.92 bits per heavy atom. The zero-order chi connectivity index (χ0) is 18.1. The van der Waals surface area contributed by atoms with Gasteiger partial charge in [0, 0.05) is 18.3 Å². The maximum absolute atomic E-state index is 13.2. The normalized spacial score (nSPS) is 11.7. The zero-order valence-corrected chi connectivity index (χ0v) is 14.8. The van der Waals surface area contributed by atoms with Gasteiger partial charge in [-0.3, -0.25) is 4.79 Å². The predicted octanol–water partition coefficient (Wildman–Crippen LogP) is 2.06. The van der Waals surface area contributed by atoms with Crippen molar-refractivity contribution >= 4 is 16.7 Å². The summed E-state index contributed by atoms with van der Waals surface area (Å²) in [7, 11) is 4.06. The van der Waals surface area contributed by atoms with Crippen molar-refractivity contribution in [2.45, 2.75) is 13.0 Å². The van der Waals surface area contributed by atoms with E-state index in [2.05, 4.69) is 20.0 Å². The van der Waals surface area contributed by atoms with Crippen molar-refractivity contribution in [1.82, 2.24) is 29.0 Å². The third kappa shape index (κ3) is 2.86. The molecule has 0 fully saturated rings. The molecule has 0 amide bonds. The van der Waals surface area contributed by atoms with Crippen LogP contribution in [0.5, 0.6) is 0 Å². The van der Waals surface area contributed by atoms with Crippen molar-refractivity contribution < 1.29 is 0 Å². The zero-order valence-electron chi connectivity index (χ0n) is 14.8. The maximum Gasteiger partial charge on any atom is 0.262 e. The Labute approximate surface area is 150 Å². The number of fused-ring (bicyclic) bond motifs is 2. The summed E-state index contributed by atoms with van der Waals surface area (Å²) in [6.45, 7) is 1.59. The van der Waals surface area contributed by atoms with Crippen LogP contribution in [0.1, 0.15) is 6.42 Å². The molecule has 0 N–H and O–H groups in total. The van der Waals surface area contributed by atoms with Crippen LogP contribution in [0.25, 0.3) is 27.9 Å². The minimum absolute atomic E-state index is 0.0509. The molecule has 0 saturated carbocycles. The smallest absolute Gasteiger partial charge is 0.262 e. The van der Waals surface area contributed by atoms with Crippen LogP contribution in [0.4, 0.5) is 0 Å². The van der Waals surface area contributed by atoms with Crippen molar-refractivity contribution in [2.24, 2.45) is 0 Å². The van der Waals surface area contributed by atoms with Crippen LogP contribution in [-0.2, 0) is 6.54 Å². The van der Waals surface area contributed by atoms with E-state index in [0.717, 1.165) is 24.2 Å². The van der Waals surface area contributed by atoms with Gasteiger partial charge < -0.3 is 9.47 Å². The number of hydrogen-bond acceptors (Lipinski definition) is 5. The van der Waals surface area contributed by atoms with E-state index in [1.807, 2.05) is 56.7 Å². The maximum atomic E-state index is 13.2. The van der Waals surface area contributed by atoms with Crippen molar-refractivity contribution in [1.29, 1.82) is 0 Å². The molecule has 7 heteroatoms. The first-order valence-electron chi connectivity index (χ1n) is 8.58. The van der Waals surface area contributed by atoms with Gasteiger partial charge in [0.15, 0.2) is 0 Å². The summed E-state index contributed by atoms with van der Waals surface area (Å²) in [5.74, 6) is 0.487. The molecule has 0 spiro atoms. The van der Waals surface area contributed by atoms with Crippen molar-refractivity contribution in [3.8, 4) is 11.3 Å². The highest BCUT2D eigenvalue weighted by Gasteiger charge is 2.16. The number of aryl methyl sites for hydroxylation is 1. The van der Waals surface area contributed by atoms with Gasteiger partial charge in [0.05, 0.1) is 16.6 Å². The average molecular weight is 348 g/mol. The van der Waals surface area contributed by atoms with Gasteiger partial charge in [-0.15, -0.1) is 0 Å². The Morgan fingerprint density at radius 1 is 1.12 bits per heavy atom. The Kier molecular flexibility index (Phi) is 4.22. The Bertz CT molecular complexity index is 1110. The second-order valence-corrected chi connectivity index (χ2v) is 6.53. The molecule has 0 saturated heterocycles. The van der Waals surface area contributed by atoms with Gasteiger partial charge in [0.2, 0.25) is 0 Å². The molecule has 0 bridgehead atoms. The van der Waals surface area contributed by atoms with Crippen LogP contribution in [0.2, 0.25) is 0 Å². The summed E-state index contributed by atoms with van der Waals surface area (Å²) in [6, 6.07) is 11.7. The molecular weight excluding hydrogens is 328 g/mol. The second-order valence-electron chi connectivity index (χ2n) is 6.53. The van der Waals surface area contributed by atoms with Gasteiger partial charge in [0.25, 0.3) is 11.3 Å². The summed E-state index contributed by atoms with van der Waals surface area (Å²) in [6.07, 6.45) is 4.18. The first-order valence-corrected chi connectivity index (χ1v) is 8.58. The van der Waals surface area contributed by atoms with E-state index >= 15 is 0 Å². The van der Waals surface area contributed by atoms with Gasteiger partial charge >= 0.3 is 0 Å². The average Bonchev–Trinajstić information content (AvgIpc) is 3.10. The molecule has 0 unspecified atom stereocenters. The molecule has 0 aliphatic rings. The van der Waals surface area contributed by atoms with Crippen molar-refractivity contribution in [2.75, 3.05) is 20.6 Å². The first kappa shape index (κ1) is 16.4. The number of aromatic nitrogens is 5. The Morgan fingerprint density at radius 3 is 2.69 bits per heavy atom. The molecule has 4 rings (SSSR count). The van der Waals surface area contributed by atoms with Gasteiger partial charge in [-0.1, -0.05) is 30.3 Å². The summed E-state index contributed by atoms with van der Waals surface area (Å²) >= 11 is 0. The van der Waals surface area contributed by atoms with Gasteiger partial charge in [-0.2, -0.15) is 14.6 Å². The van der Waals surface area contributed by atoms with Crippen LogP contribution >= 0.6 is 0 Å². The van der Waals surface area contributed by atoms with Crippen LogP contribution in [0.15, 0.2) is 53.7 Å². The summed E-state index contributed by atoms with van der Waals surface area (Å²) in [5.41, 5.74) is 2.23. The molecule has 3 heterocycles. The van der Waals surface area contributed by atoms with E-state index in [1.165, 1.54) is 6.33 Å². The van der Waals surface area contributed by atoms with Crippen molar-refractivity contribution in [3.05, 3.63) is 59.3 Å². The van der Waals surface area contributed by atoms with Crippen LogP contribution in [-0.4, -0.2) is 49.7 Å². The molecular formula is C19H20N6O. The van der Waals surface area contributed by atoms with Gasteiger partial charge in [-0.25, -0.2) is 4.98 Å².